The van der Waals surface area contributed by atoms with Crippen LogP contribution < -0.4 is 4.74 Å². The van der Waals surface area contributed by atoms with Crippen LogP contribution in [0.4, 0.5) is 0 Å². The molecule has 2 aromatic rings. The number of carbonyl (C=O) groups is 2. The van der Waals surface area contributed by atoms with E-state index in [1.54, 1.807) is 34.6 Å². The fourth-order valence-electron chi connectivity index (χ4n) is 3.51. The summed E-state index contributed by atoms with van der Waals surface area (Å²) in [4.78, 5) is 33.2. The normalized spacial score (nSPS) is 19.0. The van der Waals surface area contributed by atoms with Gasteiger partial charge in [0, 0.05) is 0 Å². The topological polar surface area (TPSA) is 114 Å². The van der Waals surface area contributed by atoms with Crippen molar-refractivity contribution >= 4 is 11.9 Å². The molecule has 1 fully saturated rings. The van der Waals surface area contributed by atoms with Crippen LogP contribution in [0.1, 0.15) is 69.4 Å². The molecule has 0 bridgehead atoms. The highest BCUT2D eigenvalue weighted by Gasteiger charge is 2.30. The Morgan fingerprint density at radius 3 is 2.61 bits per heavy atom. The number of esters is 2. The monoisotopic (exact) mass is 431 g/mol. The molecule has 9 heteroatoms. The molecule has 0 saturated heterocycles. The van der Waals surface area contributed by atoms with Gasteiger partial charge in [0.2, 0.25) is 11.6 Å². The average molecular weight is 431 g/mol. The number of nitrogens with zero attached hydrogens (tertiary/aromatic N) is 3. The highest BCUT2D eigenvalue weighted by Crippen LogP contribution is 2.30. The Labute approximate surface area is 181 Å². The van der Waals surface area contributed by atoms with Gasteiger partial charge in [-0.25, -0.2) is 14.8 Å². The Morgan fingerprint density at radius 2 is 1.97 bits per heavy atom. The van der Waals surface area contributed by atoms with Gasteiger partial charge in [0.15, 0.2) is 0 Å². The summed E-state index contributed by atoms with van der Waals surface area (Å²) >= 11 is 0. The summed E-state index contributed by atoms with van der Waals surface area (Å²) in [7, 11) is 0. The second-order valence-corrected chi connectivity index (χ2v) is 8.57. The zero-order valence-electron chi connectivity index (χ0n) is 18.6. The third kappa shape index (κ3) is 5.80. The van der Waals surface area contributed by atoms with Crippen molar-refractivity contribution in [1.82, 2.24) is 15.1 Å². The van der Waals surface area contributed by atoms with Crippen molar-refractivity contribution in [3.63, 3.8) is 0 Å². The maximum atomic E-state index is 12.6. The lowest BCUT2D eigenvalue weighted by Gasteiger charge is -2.27. The Hall–Kier alpha value is -2.97. The summed E-state index contributed by atoms with van der Waals surface area (Å²) in [6.07, 6.45) is 5.93. The molecule has 1 aliphatic carbocycles. The van der Waals surface area contributed by atoms with Gasteiger partial charge in [0.05, 0.1) is 30.6 Å². The highest BCUT2D eigenvalue weighted by molar-refractivity contribution is 5.96. The molecule has 31 heavy (non-hydrogen) atoms. The van der Waals surface area contributed by atoms with E-state index < -0.39 is 11.6 Å². The Bertz CT molecular complexity index is 916. The van der Waals surface area contributed by atoms with Gasteiger partial charge in [-0.3, -0.25) is 4.79 Å². The summed E-state index contributed by atoms with van der Waals surface area (Å²) in [5.41, 5.74) is 0.339. The van der Waals surface area contributed by atoms with E-state index in [0.717, 1.165) is 19.3 Å². The highest BCUT2D eigenvalue weighted by atomic mass is 16.6. The molecule has 9 nitrogen and oxygen atoms in total. The van der Waals surface area contributed by atoms with Crippen molar-refractivity contribution in [3.05, 3.63) is 23.7 Å². The fraction of sp³-hybridized carbons (Fsp3) is 0.591. The van der Waals surface area contributed by atoms with Gasteiger partial charge in [-0.15, -0.1) is 0 Å². The Balaban J connectivity index is 1.70. The zero-order chi connectivity index (χ0) is 22.6. The van der Waals surface area contributed by atoms with Crippen molar-refractivity contribution in [1.29, 1.82) is 0 Å². The van der Waals surface area contributed by atoms with Gasteiger partial charge in [-0.2, -0.15) is 0 Å². The van der Waals surface area contributed by atoms with E-state index in [2.05, 4.69) is 15.1 Å². The van der Waals surface area contributed by atoms with E-state index in [-0.39, 0.29) is 29.3 Å². The van der Waals surface area contributed by atoms with E-state index in [0.29, 0.717) is 30.3 Å². The van der Waals surface area contributed by atoms with Crippen molar-refractivity contribution < 1.29 is 28.3 Å². The molecule has 168 valence electrons. The lowest BCUT2D eigenvalue weighted by molar-refractivity contribution is -0.150. The third-order valence-electron chi connectivity index (χ3n) is 4.86. The number of aryl methyl sites for hydroxylation is 1. The van der Waals surface area contributed by atoms with Gasteiger partial charge in [0.25, 0.3) is 0 Å². The standard InChI is InChI=1S/C22H29N3O6/c1-6-28-20(26)14-8-7-9-15(10-14)29-17-12-23-16(11-24-17)19-18(13(2)25-31-19)21(27)30-22(3,4)5/h11-12,14-15H,6-10H2,1-5H3/t14-,15?/m0/s1. The quantitative estimate of drug-likeness (QED) is 0.628. The predicted molar refractivity (Wildman–Crippen MR) is 110 cm³/mol. The summed E-state index contributed by atoms with van der Waals surface area (Å²) in [5.74, 6) is -0.318. The zero-order valence-corrected chi connectivity index (χ0v) is 18.6. The van der Waals surface area contributed by atoms with Gasteiger partial charge < -0.3 is 18.7 Å². The molecule has 0 aromatic carbocycles. The number of rotatable bonds is 6. The van der Waals surface area contributed by atoms with E-state index in [1.807, 2.05) is 0 Å². The summed E-state index contributed by atoms with van der Waals surface area (Å²) < 4.78 is 21.8. The van der Waals surface area contributed by atoms with Crippen LogP contribution in [0.15, 0.2) is 16.9 Å². The third-order valence-corrected chi connectivity index (χ3v) is 4.86. The second-order valence-electron chi connectivity index (χ2n) is 8.57. The van der Waals surface area contributed by atoms with E-state index in [1.165, 1.54) is 12.4 Å². The molecule has 0 aliphatic heterocycles. The lowest BCUT2D eigenvalue weighted by atomic mass is 9.87. The number of aromatic nitrogens is 3. The molecular weight excluding hydrogens is 402 g/mol. The van der Waals surface area contributed by atoms with Gasteiger partial charge in [0.1, 0.15) is 23.0 Å². The lowest BCUT2D eigenvalue weighted by Crippen LogP contribution is -2.31. The molecular formula is C22H29N3O6. The van der Waals surface area contributed by atoms with Crippen LogP contribution in [0.5, 0.6) is 5.88 Å². The Kier molecular flexibility index (Phi) is 6.92. The minimum Gasteiger partial charge on any atom is -0.473 e. The average Bonchev–Trinajstić information content (AvgIpc) is 3.09. The number of ether oxygens (including phenoxy) is 3. The van der Waals surface area contributed by atoms with Crippen LogP contribution in [-0.2, 0) is 14.3 Å². The fourth-order valence-corrected chi connectivity index (χ4v) is 3.51. The SMILES string of the molecule is CCOC(=O)[C@H]1CCCC(Oc2cnc(-c3onc(C)c3C(=O)OC(C)(C)C)cn2)C1. The predicted octanol–water partition coefficient (Wildman–Crippen LogP) is 3.90. The first kappa shape index (κ1) is 22.7. The molecule has 0 N–H and O–H groups in total. The number of hydrogen-bond donors (Lipinski definition) is 0. The summed E-state index contributed by atoms with van der Waals surface area (Å²) in [6.45, 7) is 9.21. The molecule has 1 aliphatic rings. The summed E-state index contributed by atoms with van der Waals surface area (Å²) in [6, 6.07) is 0. The molecule has 1 saturated carbocycles. The van der Waals surface area contributed by atoms with Crippen LogP contribution in [0.3, 0.4) is 0 Å². The van der Waals surface area contributed by atoms with Crippen molar-refractivity contribution in [2.45, 2.75) is 72.0 Å². The smallest absolute Gasteiger partial charge is 0.344 e. The molecule has 2 atom stereocenters. The largest absolute Gasteiger partial charge is 0.473 e. The molecule has 1 unspecified atom stereocenters. The molecule has 0 amide bonds. The van der Waals surface area contributed by atoms with Gasteiger partial charge in [-0.1, -0.05) is 5.16 Å². The number of hydrogen-bond acceptors (Lipinski definition) is 9. The van der Waals surface area contributed by atoms with Crippen molar-refractivity contribution in [3.8, 4) is 17.3 Å². The van der Waals surface area contributed by atoms with Crippen molar-refractivity contribution in [2.75, 3.05) is 6.61 Å². The first-order chi connectivity index (χ1) is 14.7. The van der Waals surface area contributed by atoms with E-state index >= 15 is 0 Å². The maximum absolute atomic E-state index is 12.6. The summed E-state index contributed by atoms with van der Waals surface area (Å²) in [5, 5.41) is 3.88. The minimum atomic E-state index is -0.650. The minimum absolute atomic E-state index is 0.131. The van der Waals surface area contributed by atoms with Gasteiger partial charge in [-0.05, 0) is 60.3 Å². The van der Waals surface area contributed by atoms with Crippen LogP contribution >= 0.6 is 0 Å². The van der Waals surface area contributed by atoms with Crippen LogP contribution in [0, 0.1) is 12.8 Å². The van der Waals surface area contributed by atoms with E-state index in [9.17, 15) is 9.59 Å². The molecule has 3 rings (SSSR count). The number of carbonyl (C=O) groups excluding carboxylic acids is 2. The Morgan fingerprint density at radius 1 is 1.19 bits per heavy atom. The maximum Gasteiger partial charge on any atom is 0.344 e. The second kappa shape index (κ2) is 9.45. The van der Waals surface area contributed by atoms with E-state index in [4.69, 9.17) is 18.7 Å². The van der Waals surface area contributed by atoms with Crippen LogP contribution in [0.25, 0.3) is 11.5 Å². The van der Waals surface area contributed by atoms with Crippen LogP contribution in [0.2, 0.25) is 0 Å². The first-order valence-corrected chi connectivity index (χ1v) is 10.5. The first-order valence-electron chi connectivity index (χ1n) is 10.5. The van der Waals surface area contributed by atoms with Gasteiger partial charge >= 0.3 is 11.9 Å². The molecule has 0 radical (unpaired) electrons. The molecule has 2 heterocycles. The molecule has 0 spiro atoms. The molecule has 2 aromatic heterocycles. The van der Waals surface area contributed by atoms with Crippen molar-refractivity contribution in [2.24, 2.45) is 5.92 Å². The van der Waals surface area contributed by atoms with Crippen LogP contribution in [-0.4, -0.2) is 45.4 Å².